The molecule has 0 fully saturated rings. The number of aromatic nitrogens is 1. The lowest BCUT2D eigenvalue weighted by atomic mass is 10.1. The van der Waals surface area contributed by atoms with E-state index in [4.69, 9.17) is 19.3 Å². The molecule has 0 aliphatic carbocycles. The Bertz CT molecular complexity index is 1250. The van der Waals surface area contributed by atoms with E-state index in [1.807, 2.05) is 79.7 Å². The molecule has 0 saturated heterocycles. The molecular weight excluding hydrogens is 418 g/mol. The lowest BCUT2D eigenvalue weighted by Gasteiger charge is -2.14. The number of carboxylic acids is 1. The molecule has 3 aromatic carbocycles. The number of hydrogen-bond acceptors (Lipinski definition) is 5. The first-order valence-electron chi connectivity index (χ1n) is 10.7. The van der Waals surface area contributed by atoms with Gasteiger partial charge in [0.2, 0.25) is 0 Å². The van der Waals surface area contributed by atoms with Gasteiger partial charge in [0.15, 0.2) is 6.61 Å². The number of fused-ring (bicyclic) bond motifs is 1. The highest BCUT2D eigenvalue weighted by molar-refractivity contribution is 5.78. The van der Waals surface area contributed by atoms with Crippen molar-refractivity contribution in [3.05, 3.63) is 101 Å². The van der Waals surface area contributed by atoms with Gasteiger partial charge in [0.05, 0.1) is 24.4 Å². The normalized spacial score (nSPS) is 10.8. The van der Waals surface area contributed by atoms with Crippen LogP contribution in [-0.4, -0.2) is 22.7 Å². The molecule has 6 nitrogen and oxygen atoms in total. The molecule has 0 spiro atoms. The summed E-state index contributed by atoms with van der Waals surface area (Å²) in [5, 5.41) is 10.0. The summed E-state index contributed by atoms with van der Waals surface area (Å²) in [5.74, 6) is 0.226. The minimum atomic E-state index is -1.02. The van der Waals surface area contributed by atoms with Crippen molar-refractivity contribution in [2.45, 2.75) is 26.7 Å². The van der Waals surface area contributed by atoms with Gasteiger partial charge in [-0.1, -0.05) is 54.6 Å². The number of ether oxygens (including phenoxy) is 3. The molecule has 0 unspecified atom stereocenters. The third kappa shape index (κ3) is 6.08. The second-order valence-electron chi connectivity index (χ2n) is 7.67. The maximum absolute atomic E-state index is 10.9. The summed E-state index contributed by atoms with van der Waals surface area (Å²) in [6.45, 7) is 2.61. The first-order chi connectivity index (χ1) is 16.1. The van der Waals surface area contributed by atoms with E-state index >= 15 is 0 Å². The molecule has 1 aromatic heterocycles. The predicted octanol–water partition coefficient (Wildman–Crippen LogP) is 5.30. The van der Waals surface area contributed by atoms with Crippen LogP contribution in [0.4, 0.5) is 0 Å². The maximum Gasteiger partial charge on any atom is 0.341 e. The van der Waals surface area contributed by atoms with Gasteiger partial charge < -0.3 is 19.3 Å². The van der Waals surface area contributed by atoms with Gasteiger partial charge in [0.1, 0.15) is 18.1 Å². The molecule has 0 bridgehead atoms. The van der Waals surface area contributed by atoms with Crippen LogP contribution in [0.5, 0.6) is 11.5 Å². The van der Waals surface area contributed by atoms with Crippen LogP contribution in [0.15, 0.2) is 78.9 Å². The fraction of sp³-hybridized carbons (Fsp3) is 0.185. The molecule has 0 radical (unpaired) electrons. The van der Waals surface area contributed by atoms with Crippen molar-refractivity contribution in [1.29, 1.82) is 0 Å². The van der Waals surface area contributed by atoms with E-state index in [-0.39, 0.29) is 6.61 Å². The molecule has 33 heavy (non-hydrogen) atoms. The Labute approximate surface area is 192 Å². The quantitative estimate of drug-likeness (QED) is 0.358. The molecule has 0 atom stereocenters. The smallest absolute Gasteiger partial charge is 0.341 e. The van der Waals surface area contributed by atoms with Gasteiger partial charge >= 0.3 is 5.97 Å². The van der Waals surface area contributed by atoms with Gasteiger partial charge in [0, 0.05) is 10.9 Å². The number of aryl methyl sites for hydroxylation is 1. The van der Waals surface area contributed by atoms with Crippen molar-refractivity contribution in [2.75, 3.05) is 6.61 Å². The average Bonchev–Trinajstić information content (AvgIpc) is 2.82. The van der Waals surface area contributed by atoms with Crippen LogP contribution in [-0.2, 0) is 29.4 Å². The Morgan fingerprint density at radius 2 is 1.73 bits per heavy atom. The van der Waals surface area contributed by atoms with Gasteiger partial charge in [-0.15, -0.1) is 0 Å². The van der Waals surface area contributed by atoms with Crippen LogP contribution in [0.3, 0.4) is 0 Å². The highest BCUT2D eigenvalue weighted by atomic mass is 16.5. The first kappa shape index (κ1) is 22.3. The molecule has 4 rings (SSSR count). The van der Waals surface area contributed by atoms with E-state index in [9.17, 15) is 4.79 Å². The SMILES string of the molecule is Cc1cccc(COc2cccc(COCc3ccc4ccccc4n3)c2)c1OCC(=O)O. The standard InChI is InChI=1S/C27H25NO5/c1-19-6-4-9-22(27(19)33-18-26(29)30)16-32-24-10-5-7-20(14-24)15-31-17-23-13-12-21-8-2-3-11-25(21)28-23/h2-14H,15-18H2,1H3,(H,29,30). The topological polar surface area (TPSA) is 77.9 Å². The molecule has 1 N–H and O–H groups in total. The zero-order valence-electron chi connectivity index (χ0n) is 18.4. The third-order valence-electron chi connectivity index (χ3n) is 5.10. The fourth-order valence-electron chi connectivity index (χ4n) is 3.52. The molecule has 0 aliphatic rings. The number of pyridine rings is 1. The van der Waals surface area contributed by atoms with Crippen LogP contribution in [0.2, 0.25) is 0 Å². The molecular formula is C27H25NO5. The van der Waals surface area contributed by atoms with E-state index in [1.165, 1.54) is 0 Å². The minimum absolute atomic E-state index is 0.266. The summed E-state index contributed by atoms with van der Waals surface area (Å²) in [5.41, 5.74) is 4.48. The summed E-state index contributed by atoms with van der Waals surface area (Å²) in [4.78, 5) is 15.5. The Hall–Kier alpha value is -3.90. The molecule has 0 saturated carbocycles. The van der Waals surface area contributed by atoms with Crippen molar-refractivity contribution in [3.63, 3.8) is 0 Å². The predicted molar refractivity (Wildman–Crippen MR) is 125 cm³/mol. The van der Waals surface area contributed by atoms with E-state index < -0.39 is 12.6 Å². The van der Waals surface area contributed by atoms with Crippen molar-refractivity contribution in [2.24, 2.45) is 0 Å². The monoisotopic (exact) mass is 443 g/mol. The van der Waals surface area contributed by atoms with E-state index in [2.05, 4.69) is 11.1 Å². The highest BCUT2D eigenvalue weighted by Gasteiger charge is 2.10. The number of para-hydroxylation sites is 2. The highest BCUT2D eigenvalue weighted by Crippen LogP contribution is 2.25. The molecule has 1 heterocycles. The minimum Gasteiger partial charge on any atom is -0.489 e. The molecule has 6 heteroatoms. The van der Waals surface area contributed by atoms with Crippen molar-refractivity contribution in [3.8, 4) is 11.5 Å². The Kier molecular flexibility index (Phi) is 7.17. The van der Waals surface area contributed by atoms with Crippen molar-refractivity contribution in [1.82, 2.24) is 4.98 Å². The summed E-state index contributed by atoms with van der Waals surface area (Å²) < 4.78 is 17.3. The van der Waals surface area contributed by atoms with Crippen LogP contribution in [0.25, 0.3) is 10.9 Å². The van der Waals surface area contributed by atoms with Crippen LogP contribution in [0, 0.1) is 6.92 Å². The number of benzene rings is 3. The van der Waals surface area contributed by atoms with Crippen LogP contribution >= 0.6 is 0 Å². The summed E-state index contributed by atoms with van der Waals surface area (Å²) in [7, 11) is 0. The van der Waals surface area contributed by atoms with E-state index in [0.717, 1.165) is 33.3 Å². The lowest BCUT2D eigenvalue weighted by molar-refractivity contribution is -0.139. The number of hydrogen-bond donors (Lipinski definition) is 1. The van der Waals surface area contributed by atoms with Gasteiger partial charge in [-0.3, -0.25) is 4.98 Å². The summed E-state index contributed by atoms with van der Waals surface area (Å²) in [6.07, 6.45) is 0. The molecule has 0 amide bonds. The second-order valence-corrected chi connectivity index (χ2v) is 7.67. The lowest BCUT2D eigenvalue weighted by Crippen LogP contribution is -2.12. The number of carbonyl (C=O) groups is 1. The third-order valence-corrected chi connectivity index (χ3v) is 5.10. The van der Waals surface area contributed by atoms with Crippen LogP contribution < -0.4 is 9.47 Å². The number of aliphatic carboxylic acids is 1. The largest absolute Gasteiger partial charge is 0.489 e. The maximum atomic E-state index is 10.9. The Balaban J connectivity index is 1.34. The summed E-state index contributed by atoms with van der Waals surface area (Å²) >= 11 is 0. The van der Waals surface area contributed by atoms with Crippen molar-refractivity contribution >= 4 is 16.9 Å². The van der Waals surface area contributed by atoms with E-state index in [0.29, 0.717) is 24.7 Å². The molecule has 168 valence electrons. The zero-order chi connectivity index (χ0) is 23.0. The Morgan fingerprint density at radius 1 is 0.879 bits per heavy atom. The second kappa shape index (κ2) is 10.6. The van der Waals surface area contributed by atoms with Crippen molar-refractivity contribution < 1.29 is 24.1 Å². The molecule has 4 aromatic rings. The number of carboxylic acid groups (broad SMARTS) is 1. The van der Waals surface area contributed by atoms with Gasteiger partial charge in [-0.05, 0) is 42.3 Å². The van der Waals surface area contributed by atoms with Gasteiger partial charge in [-0.2, -0.15) is 0 Å². The van der Waals surface area contributed by atoms with Gasteiger partial charge in [-0.25, -0.2) is 4.79 Å². The van der Waals surface area contributed by atoms with Gasteiger partial charge in [0.25, 0.3) is 0 Å². The van der Waals surface area contributed by atoms with E-state index in [1.54, 1.807) is 0 Å². The average molecular weight is 443 g/mol. The van der Waals surface area contributed by atoms with Crippen LogP contribution in [0.1, 0.15) is 22.4 Å². The number of nitrogens with zero attached hydrogens (tertiary/aromatic N) is 1. The number of rotatable bonds is 10. The fourth-order valence-corrected chi connectivity index (χ4v) is 3.52. The summed E-state index contributed by atoms with van der Waals surface area (Å²) in [6, 6.07) is 25.4. The zero-order valence-corrected chi connectivity index (χ0v) is 18.4. The Morgan fingerprint density at radius 3 is 2.61 bits per heavy atom. The molecule has 0 aliphatic heterocycles. The first-order valence-corrected chi connectivity index (χ1v) is 10.7.